The Morgan fingerprint density at radius 3 is 2.15 bits per heavy atom. The molecule has 5 nitrogen and oxygen atoms in total. The third-order valence-corrected chi connectivity index (χ3v) is 11.2. The summed E-state index contributed by atoms with van der Waals surface area (Å²) in [6.07, 6.45) is 5.94. The molecule has 0 aliphatic carbocycles. The van der Waals surface area contributed by atoms with Crippen LogP contribution in [0, 0.1) is 52.8 Å². The van der Waals surface area contributed by atoms with Gasteiger partial charge in [-0.1, -0.05) is 95.4 Å². The van der Waals surface area contributed by atoms with Gasteiger partial charge in [0.15, 0.2) is 0 Å². The monoisotopic (exact) mass is 745 g/mol. The third kappa shape index (κ3) is 9.89. The van der Waals surface area contributed by atoms with Crippen molar-refractivity contribution in [1.82, 2.24) is 4.98 Å². The van der Waals surface area contributed by atoms with Gasteiger partial charge in [-0.15, -0.1) is 17.8 Å². The van der Waals surface area contributed by atoms with E-state index in [0.29, 0.717) is 17.8 Å². The largest absolute Gasteiger partial charge is 2.00 e. The second kappa shape index (κ2) is 16.7. The first kappa shape index (κ1) is 39.2. The third-order valence-electron chi connectivity index (χ3n) is 10.1. The number of hydrogen-bond acceptors (Lipinski definition) is 6. The van der Waals surface area contributed by atoms with Crippen LogP contribution in [0.3, 0.4) is 0 Å². The van der Waals surface area contributed by atoms with Crippen LogP contribution in [0.1, 0.15) is 107 Å². The van der Waals surface area contributed by atoms with E-state index in [1.54, 1.807) is 38.4 Å². The van der Waals surface area contributed by atoms with Gasteiger partial charge >= 0.3 is 21.1 Å². The van der Waals surface area contributed by atoms with E-state index in [9.17, 15) is 19.8 Å². The fraction of sp³-hybridized carbons (Fsp3) is 0.758. The summed E-state index contributed by atoms with van der Waals surface area (Å²) in [6.45, 7) is 25.0. The molecule has 0 spiro atoms. The van der Waals surface area contributed by atoms with Crippen LogP contribution >= 0.6 is 11.3 Å². The molecule has 0 aliphatic heterocycles. The summed E-state index contributed by atoms with van der Waals surface area (Å²) in [7, 11) is 0. The van der Waals surface area contributed by atoms with Gasteiger partial charge in [0.1, 0.15) is 5.78 Å². The number of aryl methyl sites for hydroxylation is 1. The van der Waals surface area contributed by atoms with Crippen LogP contribution in [-0.4, -0.2) is 39.5 Å². The number of carbonyl (C=O) groups excluding carboxylic acids is 2. The molecule has 4 unspecified atom stereocenters. The second-order valence-corrected chi connectivity index (χ2v) is 14.1. The Labute approximate surface area is 263 Å². The van der Waals surface area contributed by atoms with E-state index in [-0.39, 0.29) is 50.5 Å². The second-order valence-electron chi connectivity index (χ2n) is 13.2. The van der Waals surface area contributed by atoms with Crippen LogP contribution in [0.15, 0.2) is 11.0 Å². The SMILES string of the molecule is CCc1nc(/C=C(\C)[CH-]CC(C)C(C)(C)C(C)C(C)C(C)[C@H](C)[C@H](O)[C@@H](C)C(=O)C(C)(C)[C@@H](O)C[C-]=O)cs1.[W+2]. The van der Waals surface area contributed by atoms with E-state index in [1.165, 1.54) is 5.57 Å². The number of aliphatic hydroxyl groups excluding tert-OH is 2. The maximum atomic E-state index is 13.2. The maximum Gasteiger partial charge on any atom is 2.00 e. The smallest absolute Gasteiger partial charge is 0.542 e. The standard InChI is InChI=1S/C33H55NO4S.W/c1-13-29-34-27(19-39-29)18-20(2)14-15-21(3)32(9,10)26(8)23(5)22(4)24(6)30(37)25(7)31(38)33(11,12)28(36)16-17-35;/h14,18-19,21-26,28,30,36-37H,13,15-16H2,1-12H3;/q-2;+2/b20-18+;/t21?,22?,23?,24-,25+,26?,28-,30-;/m0./s1. The van der Waals surface area contributed by atoms with Crippen LogP contribution in [0.4, 0.5) is 0 Å². The zero-order valence-electron chi connectivity index (χ0n) is 26.9. The molecular weight excluding hydrogens is 690 g/mol. The van der Waals surface area contributed by atoms with Crippen molar-refractivity contribution in [2.24, 2.45) is 46.3 Å². The molecular formula is C33H55NO4SW. The number of aromatic nitrogens is 1. The number of thiazole rings is 1. The topological polar surface area (TPSA) is 87.5 Å². The average molecular weight is 746 g/mol. The molecule has 2 N–H and O–H groups in total. The molecule has 0 saturated carbocycles. The molecule has 0 aliphatic rings. The van der Waals surface area contributed by atoms with Crippen molar-refractivity contribution in [1.29, 1.82) is 0 Å². The van der Waals surface area contributed by atoms with E-state index >= 15 is 0 Å². The van der Waals surface area contributed by atoms with Gasteiger partial charge in [-0.3, -0.25) is 16.1 Å². The van der Waals surface area contributed by atoms with Crippen molar-refractivity contribution >= 4 is 29.5 Å². The van der Waals surface area contributed by atoms with Gasteiger partial charge in [-0.05, 0) is 41.2 Å². The fourth-order valence-electron chi connectivity index (χ4n) is 5.58. The Morgan fingerprint density at radius 1 is 1.07 bits per heavy atom. The predicted molar refractivity (Wildman–Crippen MR) is 164 cm³/mol. The van der Waals surface area contributed by atoms with Gasteiger partial charge in [0.2, 0.25) is 0 Å². The van der Waals surface area contributed by atoms with Gasteiger partial charge in [0.25, 0.3) is 0 Å². The van der Waals surface area contributed by atoms with Gasteiger partial charge < -0.3 is 15.0 Å². The summed E-state index contributed by atoms with van der Waals surface area (Å²) in [4.78, 5) is 28.6. The summed E-state index contributed by atoms with van der Waals surface area (Å²) in [5.41, 5.74) is 1.20. The summed E-state index contributed by atoms with van der Waals surface area (Å²) in [5, 5.41) is 24.8. The molecule has 0 radical (unpaired) electrons. The van der Waals surface area contributed by atoms with E-state index in [2.05, 4.69) is 78.3 Å². The van der Waals surface area contributed by atoms with Crippen LogP contribution in [0.25, 0.3) is 6.08 Å². The molecule has 1 aromatic rings. The summed E-state index contributed by atoms with van der Waals surface area (Å²) < 4.78 is 0. The van der Waals surface area contributed by atoms with Crippen molar-refractivity contribution in [3.8, 4) is 0 Å². The molecule has 0 fully saturated rings. The molecule has 8 atom stereocenters. The zero-order valence-corrected chi connectivity index (χ0v) is 30.7. The Kier molecular flexibility index (Phi) is 16.4. The van der Waals surface area contributed by atoms with Crippen molar-refractivity contribution in [3.05, 3.63) is 28.1 Å². The number of hydrogen-bond donors (Lipinski definition) is 2. The van der Waals surface area contributed by atoms with E-state index < -0.39 is 23.5 Å². The van der Waals surface area contributed by atoms with Crippen LogP contribution in [-0.2, 0) is 37.1 Å². The molecule has 1 aromatic heterocycles. The fourth-order valence-corrected chi connectivity index (χ4v) is 6.28. The molecule has 40 heavy (non-hydrogen) atoms. The summed E-state index contributed by atoms with van der Waals surface area (Å²) in [5.74, 6) is 0.337. The molecule has 1 heterocycles. The van der Waals surface area contributed by atoms with Gasteiger partial charge in [-0.2, -0.15) is 6.08 Å². The number of rotatable bonds is 17. The molecule has 1 rings (SSSR count). The summed E-state index contributed by atoms with van der Waals surface area (Å²) >= 11 is 1.71. The van der Waals surface area contributed by atoms with E-state index in [0.717, 1.165) is 23.5 Å². The van der Waals surface area contributed by atoms with Gasteiger partial charge in [0.05, 0.1) is 11.1 Å². The van der Waals surface area contributed by atoms with Crippen molar-refractivity contribution in [2.45, 2.75) is 115 Å². The average Bonchev–Trinajstić information content (AvgIpc) is 3.35. The minimum absolute atomic E-state index is 0. The first-order chi connectivity index (χ1) is 17.9. The Balaban J connectivity index is 0.0000152. The Morgan fingerprint density at radius 2 is 1.65 bits per heavy atom. The molecule has 0 bridgehead atoms. The minimum Gasteiger partial charge on any atom is -0.542 e. The molecule has 0 amide bonds. The summed E-state index contributed by atoms with van der Waals surface area (Å²) in [6, 6.07) is 0. The van der Waals surface area contributed by atoms with E-state index in [1.807, 2.05) is 6.92 Å². The molecule has 7 heteroatoms. The number of allylic oxidation sites excluding steroid dienone is 1. The maximum absolute atomic E-state index is 13.2. The van der Waals surface area contributed by atoms with E-state index in [4.69, 9.17) is 0 Å². The predicted octanol–water partition coefficient (Wildman–Crippen LogP) is 7.36. The first-order valence-electron chi connectivity index (χ1n) is 14.6. The Bertz CT molecular complexity index is 956. The van der Waals surface area contributed by atoms with Crippen LogP contribution in [0.2, 0.25) is 0 Å². The number of ketones is 1. The number of Topliss-reactive ketones (excluding diaryl/α,β-unsaturated/α-hetero) is 1. The number of carbonyl (C=O) groups is 1. The molecule has 0 aromatic carbocycles. The van der Waals surface area contributed by atoms with Gasteiger partial charge in [0, 0.05) is 22.8 Å². The van der Waals surface area contributed by atoms with Gasteiger partial charge in [-0.25, -0.2) is 12.0 Å². The van der Waals surface area contributed by atoms with Crippen LogP contribution in [0.5, 0.6) is 0 Å². The zero-order chi connectivity index (χ0) is 30.3. The number of nitrogens with zero attached hydrogens (tertiary/aromatic N) is 1. The van der Waals surface area contributed by atoms with Crippen LogP contribution < -0.4 is 0 Å². The molecule has 228 valence electrons. The normalized spacial score (nSPS) is 18.9. The van der Waals surface area contributed by atoms with Crippen molar-refractivity contribution < 1.29 is 40.9 Å². The van der Waals surface area contributed by atoms with Crippen molar-refractivity contribution in [3.63, 3.8) is 0 Å². The molecule has 0 saturated heterocycles. The quantitative estimate of drug-likeness (QED) is 0.163. The van der Waals surface area contributed by atoms with Crippen molar-refractivity contribution in [2.75, 3.05) is 0 Å². The number of aliphatic hydroxyl groups is 2. The minimum atomic E-state index is -1.13. The Hall–Kier alpha value is -0.812. The first-order valence-corrected chi connectivity index (χ1v) is 15.5.